The van der Waals surface area contributed by atoms with Gasteiger partial charge in [0.05, 0.1) is 45.5 Å². The Morgan fingerprint density at radius 3 is 2.13 bits per heavy atom. The monoisotopic (exact) mass is 446 g/mol. The predicted molar refractivity (Wildman–Crippen MR) is 122 cm³/mol. The summed E-state index contributed by atoms with van der Waals surface area (Å²) >= 11 is 0. The molecule has 0 aromatic carbocycles. The summed E-state index contributed by atoms with van der Waals surface area (Å²) < 4.78 is 22.1. The quantitative estimate of drug-likeness (QED) is 0.243. The Morgan fingerprint density at radius 1 is 0.935 bits per heavy atom. The van der Waals surface area contributed by atoms with E-state index in [1.807, 2.05) is 34.6 Å². The number of nitrogens with one attached hydrogen (secondary N) is 1. The van der Waals surface area contributed by atoms with Crippen molar-refractivity contribution in [2.24, 2.45) is 11.3 Å². The second kappa shape index (κ2) is 17.4. The fourth-order valence-electron chi connectivity index (χ4n) is 2.55. The molecule has 3 unspecified atom stereocenters. The molecule has 7 heteroatoms. The van der Waals surface area contributed by atoms with Crippen molar-refractivity contribution in [3.8, 4) is 0 Å². The molecule has 0 rings (SSSR count). The topological polar surface area (TPSA) is 75.5 Å². The van der Waals surface area contributed by atoms with Crippen LogP contribution in [0.1, 0.15) is 73.6 Å². The zero-order chi connectivity index (χ0) is 23.7. The Labute approximate surface area is 190 Å². The van der Waals surface area contributed by atoms with E-state index in [0.717, 1.165) is 38.8 Å². The molecule has 1 N–H and O–H groups in total. The maximum Gasteiger partial charge on any atom is 0.311 e. The molecule has 0 bridgehead atoms. The van der Waals surface area contributed by atoms with Gasteiger partial charge in [-0.2, -0.15) is 0 Å². The Bertz CT molecular complexity index is 483. The highest BCUT2D eigenvalue weighted by Crippen LogP contribution is 2.22. The highest BCUT2D eigenvalue weighted by Gasteiger charge is 2.28. The second-order valence-electron chi connectivity index (χ2n) is 9.31. The minimum atomic E-state index is -0.452. The van der Waals surface area contributed by atoms with E-state index in [1.54, 1.807) is 0 Å². The van der Waals surface area contributed by atoms with E-state index >= 15 is 0 Å². The van der Waals surface area contributed by atoms with Gasteiger partial charge in [0.1, 0.15) is 19.2 Å². The van der Waals surface area contributed by atoms with Gasteiger partial charge in [-0.1, -0.05) is 33.6 Å². The molecule has 3 atom stereocenters. The zero-order valence-corrected chi connectivity index (χ0v) is 21.1. The predicted octanol–water partition coefficient (Wildman–Crippen LogP) is 2.66. The van der Waals surface area contributed by atoms with Gasteiger partial charge >= 0.3 is 11.9 Å². The first kappa shape index (κ1) is 29.8. The molecule has 0 aliphatic rings. The molecule has 0 fully saturated rings. The molecule has 0 radical (unpaired) electrons. The van der Waals surface area contributed by atoms with Crippen molar-refractivity contribution in [1.29, 1.82) is 0 Å². The molecular weight excluding hydrogens is 398 g/mol. The lowest BCUT2D eigenvalue weighted by Gasteiger charge is -2.23. The van der Waals surface area contributed by atoms with Crippen LogP contribution in [0.15, 0.2) is 0 Å². The van der Waals surface area contributed by atoms with Gasteiger partial charge < -0.3 is 23.8 Å². The average molecular weight is 447 g/mol. The fourth-order valence-corrected chi connectivity index (χ4v) is 2.55. The molecule has 0 spiro atoms. The number of rotatable bonds is 19. The summed E-state index contributed by atoms with van der Waals surface area (Å²) in [6.45, 7) is 16.2. The largest absolute Gasteiger partial charge is 0.465 e. The molecule has 0 saturated carbocycles. The lowest BCUT2D eigenvalue weighted by atomic mass is 9.91. The number of hydrogen-bond donors (Lipinski definition) is 1. The van der Waals surface area contributed by atoms with Gasteiger partial charge in [0.25, 0.3) is 0 Å². The molecule has 0 aromatic heterocycles. The molecule has 0 saturated heterocycles. The number of likely N-dealkylation sites (N-methyl/N-ethyl adjacent to an activating group) is 1. The molecule has 0 aliphatic heterocycles. The molecule has 31 heavy (non-hydrogen) atoms. The summed E-state index contributed by atoms with van der Waals surface area (Å²) in [7, 11) is 2.10. The van der Waals surface area contributed by atoms with Crippen molar-refractivity contribution in [3.63, 3.8) is 0 Å². The second-order valence-corrected chi connectivity index (χ2v) is 9.31. The summed E-state index contributed by atoms with van der Waals surface area (Å²) in [6, 6.07) is 0. The average Bonchev–Trinajstić information content (AvgIpc) is 2.72. The highest BCUT2D eigenvalue weighted by atomic mass is 16.6. The summed E-state index contributed by atoms with van der Waals surface area (Å²) in [5.74, 6) is -0.0882. The fraction of sp³-hybridized carbons (Fsp3) is 0.917. The van der Waals surface area contributed by atoms with E-state index in [1.165, 1.54) is 4.90 Å². The lowest BCUT2D eigenvalue weighted by molar-refractivity contribution is -0.880. The van der Waals surface area contributed by atoms with Crippen LogP contribution < -0.4 is 4.90 Å². The smallest absolute Gasteiger partial charge is 0.311 e. The lowest BCUT2D eigenvalue weighted by Crippen LogP contribution is -3.10. The van der Waals surface area contributed by atoms with Gasteiger partial charge in [-0.3, -0.25) is 9.59 Å². The van der Waals surface area contributed by atoms with Crippen molar-refractivity contribution >= 4 is 11.9 Å². The van der Waals surface area contributed by atoms with Crippen LogP contribution in [0.3, 0.4) is 0 Å². The van der Waals surface area contributed by atoms with Gasteiger partial charge in [-0.05, 0) is 33.6 Å². The standard InChI is InChI=1S/C24H47NO6/c1-8-10-11-12-22(26)30-18-20(3)17-28-15-13-25(7)14-16-29-19-21(4)31-23(27)24(5,6)9-2/h20-21H,8-19H2,1-7H3/p+1. The summed E-state index contributed by atoms with van der Waals surface area (Å²) in [5, 5.41) is 0. The number of unbranched alkanes of at least 4 members (excludes halogenated alkanes) is 2. The van der Waals surface area contributed by atoms with Crippen molar-refractivity contribution in [3.05, 3.63) is 0 Å². The van der Waals surface area contributed by atoms with Gasteiger partial charge in [-0.15, -0.1) is 0 Å². The first-order valence-corrected chi connectivity index (χ1v) is 12.0. The molecular formula is C24H48NO6+. The maximum atomic E-state index is 12.0. The van der Waals surface area contributed by atoms with E-state index in [4.69, 9.17) is 18.9 Å². The number of quaternary nitrogens is 1. The van der Waals surface area contributed by atoms with Crippen molar-refractivity contribution in [1.82, 2.24) is 0 Å². The van der Waals surface area contributed by atoms with E-state index in [9.17, 15) is 9.59 Å². The van der Waals surface area contributed by atoms with Crippen molar-refractivity contribution in [2.75, 3.05) is 53.2 Å². The summed E-state index contributed by atoms with van der Waals surface area (Å²) in [4.78, 5) is 25.0. The number of carbonyl (C=O) groups excluding carboxylic acids is 2. The van der Waals surface area contributed by atoms with E-state index < -0.39 is 5.41 Å². The Kier molecular flexibility index (Phi) is 16.7. The van der Waals surface area contributed by atoms with Crippen LogP contribution >= 0.6 is 0 Å². The van der Waals surface area contributed by atoms with Gasteiger partial charge in [-0.25, -0.2) is 0 Å². The van der Waals surface area contributed by atoms with Gasteiger partial charge in [0.2, 0.25) is 0 Å². The normalized spacial score (nSPS) is 14.7. The van der Waals surface area contributed by atoms with Gasteiger partial charge in [0, 0.05) is 12.3 Å². The number of esters is 2. The van der Waals surface area contributed by atoms with Crippen LogP contribution in [0, 0.1) is 11.3 Å². The van der Waals surface area contributed by atoms with Crippen LogP contribution in [-0.4, -0.2) is 71.2 Å². The SMILES string of the molecule is CCCCCC(=O)OCC(C)COCC[NH+](C)CCOCC(C)OC(=O)C(C)(C)CC. The third-order valence-corrected chi connectivity index (χ3v) is 5.36. The van der Waals surface area contributed by atoms with Crippen molar-refractivity contribution in [2.45, 2.75) is 79.8 Å². The van der Waals surface area contributed by atoms with E-state index in [0.29, 0.717) is 39.5 Å². The Hall–Kier alpha value is -1.18. The Balaban J connectivity index is 3.70. The third-order valence-electron chi connectivity index (χ3n) is 5.36. The summed E-state index contributed by atoms with van der Waals surface area (Å²) in [6.07, 6.45) is 4.09. The first-order valence-electron chi connectivity index (χ1n) is 12.0. The molecule has 0 heterocycles. The molecule has 0 aliphatic carbocycles. The first-order chi connectivity index (χ1) is 14.6. The molecule has 0 aromatic rings. The number of hydrogen-bond acceptors (Lipinski definition) is 6. The Morgan fingerprint density at radius 2 is 1.55 bits per heavy atom. The van der Waals surface area contributed by atoms with E-state index in [2.05, 4.69) is 14.0 Å². The maximum absolute atomic E-state index is 12.0. The molecule has 0 amide bonds. The minimum absolute atomic E-state index is 0.109. The minimum Gasteiger partial charge on any atom is -0.465 e. The number of ether oxygens (including phenoxy) is 4. The van der Waals surface area contributed by atoms with Crippen LogP contribution in [0.25, 0.3) is 0 Å². The third kappa shape index (κ3) is 16.2. The summed E-state index contributed by atoms with van der Waals surface area (Å²) in [5.41, 5.74) is -0.452. The molecule has 7 nitrogen and oxygen atoms in total. The van der Waals surface area contributed by atoms with E-state index in [-0.39, 0.29) is 24.0 Å². The van der Waals surface area contributed by atoms with Crippen LogP contribution in [-0.2, 0) is 28.5 Å². The van der Waals surface area contributed by atoms with Crippen LogP contribution in [0.4, 0.5) is 0 Å². The highest BCUT2D eigenvalue weighted by molar-refractivity contribution is 5.75. The van der Waals surface area contributed by atoms with Crippen LogP contribution in [0.5, 0.6) is 0 Å². The van der Waals surface area contributed by atoms with Gasteiger partial charge in [0.15, 0.2) is 0 Å². The number of carbonyl (C=O) groups is 2. The van der Waals surface area contributed by atoms with Crippen LogP contribution in [0.2, 0.25) is 0 Å². The van der Waals surface area contributed by atoms with Crippen molar-refractivity contribution < 1.29 is 33.4 Å². The molecule has 184 valence electrons. The zero-order valence-electron chi connectivity index (χ0n) is 21.1.